The van der Waals surface area contributed by atoms with Crippen LogP contribution in [-0.4, -0.2) is 83.3 Å². The maximum Gasteiger partial charge on any atom is 0.313 e. The summed E-state index contributed by atoms with van der Waals surface area (Å²) in [7, 11) is 0. The maximum atomic E-state index is 14.9. The number of anilines is 1. The number of rotatable bonds is 4. The van der Waals surface area contributed by atoms with Gasteiger partial charge in [-0.1, -0.05) is 50.3 Å². The van der Waals surface area contributed by atoms with E-state index in [1.165, 1.54) is 4.90 Å². The summed E-state index contributed by atoms with van der Waals surface area (Å²) in [6, 6.07) is 4.07. The predicted octanol–water partition coefficient (Wildman–Crippen LogP) is 2.20. The van der Waals surface area contributed by atoms with E-state index in [0.717, 1.165) is 11.1 Å². The Morgan fingerprint density at radius 3 is 2.60 bits per heavy atom. The number of carbonyl (C=O) groups is 4. The number of aliphatic hydroxyl groups excluding tert-OH is 1. The highest BCUT2D eigenvalue weighted by Gasteiger charge is 2.74. The van der Waals surface area contributed by atoms with E-state index < -0.39 is 53.6 Å². The smallest absolute Gasteiger partial charge is 0.313 e. The minimum atomic E-state index is -1.39. The number of cyclic esters (lactones) is 1. The first-order valence-corrected chi connectivity index (χ1v) is 14.8. The number of esters is 1. The lowest BCUT2D eigenvalue weighted by molar-refractivity contribution is -0.159. The Kier molecular flexibility index (Phi) is 8.31. The van der Waals surface area contributed by atoms with Gasteiger partial charge in [-0.15, -0.1) is 0 Å². The van der Waals surface area contributed by atoms with E-state index in [4.69, 9.17) is 9.47 Å². The van der Waals surface area contributed by atoms with Crippen LogP contribution in [0.4, 0.5) is 5.69 Å². The first kappa shape index (κ1) is 30.0. The normalized spacial score (nSPS) is 33.2. The zero-order valence-electron chi connectivity index (χ0n) is 24.9. The molecule has 4 aliphatic heterocycles. The van der Waals surface area contributed by atoms with Crippen molar-refractivity contribution < 1.29 is 33.8 Å². The number of ether oxygens (including phenoxy) is 2. The quantitative estimate of drug-likeness (QED) is 0.414. The number of nitrogens with one attached hydrogen (secondary N) is 1. The van der Waals surface area contributed by atoms with E-state index >= 15 is 0 Å². The van der Waals surface area contributed by atoms with Crippen LogP contribution in [0, 0.1) is 31.6 Å². The molecular weight excluding hydrogens is 538 g/mol. The highest BCUT2D eigenvalue weighted by molar-refractivity contribution is 6.05. The van der Waals surface area contributed by atoms with Crippen molar-refractivity contribution in [3.05, 3.63) is 53.6 Å². The number of hydrogen-bond acceptors (Lipinski definition) is 7. The van der Waals surface area contributed by atoms with Crippen molar-refractivity contribution in [2.45, 2.75) is 77.4 Å². The number of likely N-dealkylation sites (tertiary alicyclic amines) is 1. The number of carbonyl (C=O) groups excluding carboxylic acids is 4. The van der Waals surface area contributed by atoms with E-state index in [0.29, 0.717) is 12.1 Å². The van der Waals surface area contributed by atoms with Gasteiger partial charge in [-0.25, -0.2) is 0 Å². The number of aryl methyl sites for hydroxylation is 2. The van der Waals surface area contributed by atoms with Gasteiger partial charge in [0.15, 0.2) is 0 Å². The minimum absolute atomic E-state index is 0.139. The molecule has 0 unspecified atom stereocenters. The van der Waals surface area contributed by atoms with E-state index in [1.807, 2.05) is 58.0 Å². The summed E-state index contributed by atoms with van der Waals surface area (Å²) in [5.41, 5.74) is 1.14. The van der Waals surface area contributed by atoms with E-state index in [1.54, 1.807) is 24.0 Å². The third-order valence-electron chi connectivity index (χ3n) is 8.95. The molecular formula is C32H41N3O7. The maximum absolute atomic E-state index is 14.9. The average molecular weight is 580 g/mol. The number of hydrogen-bond donors (Lipinski definition) is 2. The molecule has 1 aromatic rings. The SMILES string of the molecule is Cc1ccc(C)c(N2C/C=C\CCC(=O)NC[C@@H](C)OC(=O)[C@@H]3[C@@H]4C=C[C@]5(O4)[C@H](C2=O)N([C@@H](CO)C(C)C)C(=O)[C@@H]35)c1. The van der Waals surface area contributed by atoms with Crippen molar-refractivity contribution in [2.75, 3.05) is 24.6 Å². The monoisotopic (exact) mass is 579 g/mol. The van der Waals surface area contributed by atoms with Gasteiger partial charge in [0.1, 0.15) is 23.7 Å². The van der Waals surface area contributed by atoms with Crippen molar-refractivity contribution in [1.82, 2.24) is 10.2 Å². The highest BCUT2D eigenvalue weighted by Crippen LogP contribution is 2.56. The lowest BCUT2D eigenvalue weighted by Gasteiger charge is -2.40. The molecule has 4 aliphatic rings. The van der Waals surface area contributed by atoms with Gasteiger partial charge in [-0.2, -0.15) is 0 Å². The Morgan fingerprint density at radius 2 is 1.88 bits per heavy atom. The summed E-state index contributed by atoms with van der Waals surface area (Å²) in [6.45, 7) is 9.32. The van der Waals surface area contributed by atoms with Gasteiger partial charge in [0.05, 0.1) is 31.2 Å². The number of fused-ring (bicyclic) bond motifs is 2. The fourth-order valence-corrected chi connectivity index (χ4v) is 6.78. The lowest BCUT2D eigenvalue weighted by atomic mass is 9.74. The zero-order valence-corrected chi connectivity index (χ0v) is 24.9. The topological polar surface area (TPSA) is 125 Å². The molecule has 3 amide bonds. The van der Waals surface area contributed by atoms with E-state index in [-0.39, 0.29) is 43.8 Å². The molecule has 5 rings (SSSR count). The average Bonchev–Trinajstić information content (AvgIpc) is 3.58. The summed E-state index contributed by atoms with van der Waals surface area (Å²) in [4.78, 5) is 58.3. The van der Waals surface area contributed by atoms with Gasteiger partial charge in [0, 0.05) is 18.7 Å². The Morgan fingerprint density at radius 1 is 1.12 bits per heavy atom. The number of aliphatic hydroxyl groups is 1. The van der Waals surface area contributed by atoms with Gasteiger partial charge in [-0.3, -0.25) is 19.2 Å². The van der Waals surface area contributed by atoms with E-state index in [2.05, 4.69) is 5.32 Å². The Hall–Kier alpha value is -3.50. The first-order chi connectivity index (χ1) is 20.0. The Labute approximate surface area is 246 Å². The molecule has 2 N–H and O–H groups in total. The summed E-state index contributed by atoms with van der Waals surface area (Å²) in [6.07, 6.45) is 6.58. The van der Waals surface area contributed by atoms with Crippen molar-refractivity contribution in [3.63, 3.8) is 0 Å². The molecule has 1 aromatic carbocycles. The van der Waals surface area contributed by atoms with Crippen LogP contribution in [0.15, 0.2) is 42.5 Å². The van der Waals surface area contributed by atoms with Crippen LogP contribution in [0.3, 0.4) is 0 Å². The minimum Gasteiger partial charge on any atom is -0.460 e. The molecule has 10 nitrogen and oxygen atoms in total. The lowest BCUT2D eigenvalue weighted by Crippen LogP contribution is -2.59. The second-order valence-electron chi connectivity index (χ2n) is 12.2. The van der Waals surface area contributed by atoms with Crippen LogP contribution in [0.25, 0.3) is 0 Å². The van der Waals surface area contributed by atoms with Crippen LogP contribution >= 0.6 is 0 Å². The van der Waals surface area contributed by atoms with Gasteiger partial charge in [0.2, 0.25) is 11.8 Å². The van der Waals surface area contributed by atoms with Crippen molar-refractivity contribution >= 4 is 29.4 Å². The Balaban J connectivity index is 1.66. The van der Waals surface area contributed by atoms with Crippen LogP contribution in [0.5, 0.6) is 0 Å². The third-order valence-corrected chi connectivity index (χ3v) is 8.95. The summed E-state index contributed by atoms with van der Waals surface area (Å²) in [5.74, 6) is -3.68. The molecule has 4 heterocycles. The van der Waals surface area contributed by atoms with E-state index in [9.17, 15) is 24.3 Å². The molecule has 226 valence electrons. The molecule has 0 aromatic heterocycles. The highest BCUT2D eigenvalue weighted by atomic mass is 16.6. The van der Waals surface area contributed by atoms with Crippen LogP contribution in [0.1, 0.15) is 44.7 Å². The molecule has 7 atom stereocenters. The number of amides is 3. The predicted molar refractivity (Wildman–Crippen MR) is 155 cm³/mol. The molecule has 1 spiro atoms. The molecule has 42 heavy (non-hydrogen) atoms. The van der Waals surface area contributed by atoms with Crippen molar-refractivity contribution in [1.29, 1.82) is 0 Å². The summed E-state index contributed by atoms with van der Waals surface area (Å²) < 4.78 is 12.2. The summed E-state index contributed by atoms with van der Waals surface area (Å²) in [5, 5.41) is 13.3. The van der Waals surface area contributed by atoms with Gasteiger partial charge < -0.3 is 29.7 Å². The van der Waals surface area contributed by atoms with Crippen molar-refractivity contribution in [2.24, 2.45) is 17.8 Å². The Bertz CT molecular complexity index is 1320. The second-order valence-corrected chi connectivity index (χ2v) is 12.2. The second kappa shape index (κ2) is 11.6. The van der Waals surface area contributed by atoms with Crippen LogP contribution in [0.2, 0.25) is 0 Å². The van der Waals surface area contributed by atoms with Gasteiger partial charge in [-0.05, 0) is 50.3 Å². The standard InChI is InChI=1S/C32H41N3O7/c1-18(2)23(17-36)35-28-30(39)34(22-15-19(3)10-11-20(22)4)14-8-6-7-9-25(37)33-16-21(5)41-31(40)26-24-12-13-32(28,42-24)27(26)29(35)38/h6,8,10-13,15,18,21,23-24,26-28,36H,7,9,14,16-17H2,1-5H3,(H,33,37)/b8-6-/t21-,23+,24+,26-,27-,28+,32-/m1/s1. The zero-order chi connectivity index (χ0) is 30.3. The molecule has 0 radical (unpaired) electrons. The number of allylic oxidation sites excluding steroid dienone is 1. The molecule has 0 aliphatic carbocycles. The molecule has 10 heteroatoms. The summed E-state index contributed by atoms with van der Waals surface area (Å²) >= 11 is 0. The van der Waals surface area contributed by atoms with Crippen LogP contribution in [-0.2, 0) is 28.7 Å². The number of nitrogens with zero attached hydrogens (tertiary/aromatic N) is 2. The van der Waals surface area contributed by atoms with Crippen molar-refractivity contribution in [3.8, 4) is 0 Å². The largest absolute Gasteiger partial charge is 0.460 e. The molecule has 2 saturated heterocycles. The van der Waals surface area contributed by atoms with Gasteiger partial charge in [0.25, 0.3) is 5.91 Å². The number of benzene rings is 1. The first-order valence-electron chi connectivity index (χ1n) is 14.8. The van der Waals surface area contributed by atoms with Gasteiger partial charge >= 0.3 is 5.97 Å². The fourth-order valence-electron chi connectivity index (χ4n) is 6.78. The molecule has 5 bridgehead atoms. The molecule has 2 fully saturated rings. The fraction of sp³-hybridized carbons (Fsp3) is 0.562. The third kappa shape index (κ3) is 5.04. The molecule has 0 saturated carbocycles. The van der Waals surface area contributed by atoms with Crippen LogP contribution < -0.4 is 10.2 Å².